The Kier molecular flexibility index (Phi) is 3.30. The molecule has 0 N–H and O–H groups in total. The van der Waals surface area contributed by atoms with Gasteiger partial charge in [0.1, 0.15) is 0 Å². The molecule has 0 aliphatic carbocycles. The van der Waals surface area contributed by atoms with Gasteiger partial charge in [-0.05, 0) is 20.8 Å². The molecule has 0 radical (unpaired) electrons. The maximum absolute atomic E-state index is 11.3. The summed E-state index contributed by atoms with van der Waals surface area (Å²) in [6.07, 6.45) is -0.134. The molecule has 3 nitrogen and oxygen atoms in total. The van der Waals surface area contributed by atoms with Crippen molar-refractivity contribution in [2.24, 2.45) is 0 Å². The van der Waals surface area contributed by atoms with Crippen LogP contribution in [0, 0.1) is 0 Å². The number of ether oxygens (including phenoxy) is 1. The first-order valence-corrected chi connectivity index (χ1v) is 7.29. The lowest BCUT2D eigenvalue weighted by Gasteiger charge is -2.25. The molecule has 1 rings (SSSR count). The van der Waals surface area contributed by atoms with Crippen LogP contribution in [0.5, 0.6) is 0 Å². The van der Waals surface area contributed by atoms with Gasteiger partial charge in [0, 0.05) is 0 Å². The van der Waals surface area contributed by atoms with Gasteiger partial charge in [0.2, 0.25) is 0 Å². The van der Waals surface area contributed by atoms with Crippen LogP contribution in [0.1, 0.15) is 20.8 Å². The molecule has 0 spiro atoms. The lowest BCUT2D eigenvalue weighted by Crippen LogP contribution is -2.32. The van der Waals surface area contributed by atoms with Gasteiger partial charge in [0.15, 0.2) is 9.84 Å². The molecule has 13 heavy (non-hydrogen) atoms. The van der Waals surface area contributed by atoms with Crippen molar-refractivity contribution >= 4 is 32.4 Å². The maximum Gasteiger partial charge on any atom is 0.154 e. The summed E-state index contributed by atoms with van der Waals surface area (Å²) >= 11 is 2.16. The van der Waals surface area contributed by atoms with E-state index < -0.39 is 9.84 Å². The number of hydrogen-bond acceptors (Lipinski definition) is 3. The molecule has 1 aliphatic heterocycles. The van der Waals surface area contributed by atoms with E-state index in [4.69, 9.17) is 4.74 Å². The van der Waals surface area contributed by atoms with Crippen molar-refractivity contribution in [1.82, 2.24) is 0 Å². The highest BCUT2D eigenvalue weighted by atomic mass is 127. The van der Waals surface area contributed by atoms with Crippen LogP contribution in [0.15, 0.2) is 0 Å². The van der Waals surface area contributed by atoms with Crippen molar-refractivity contribution in [2.75, 3.05) is 11.5 Å². The number of hydrogen-bond donors (Lipinski definition) is 0. The molecule has 0 amide bonds. The van der Waals surface area contributed by atoms with Crippen molar-refractivity contribution in [1.29, 1.82) is 0 Å². The van der Waals surface area contributed by atoms with Gasteiger partial charge in [-0.3, -0.25) is 0 Å². The Morgan fingerprint density at radius 2 is 1.85 bits per heavy atom. The normalized spacial score (nSPS) is 33.5. The summed E-state index contributed by atoms with van der Waals surface area (Å²) in [6.45, 7) is 5.84. The molecule has 0 bridgehead atoms. The molecule has 0 aromatic carbocycles. The molecule has 78 valence electrons. The van der Waals surface area contributed by atoms with E-state index >= 15 is 0 Å². The van der Waals surface area contributed by atoms with Crippen LogP contribution in [-0.4, -0.2) is 35.6 Å². The quantitative estimate of drug-likeness (QED) is 0.542. The fourth-order valence-corrected chi connectivity index (χ4v) is 5.36. The van der Waals surface area contributed by atoms with Crippen molar-refractivity contribution in [3.05, 3.63) is 0 Å². The van der Waals surface area contributed by atoms with Gasteiger partial charge in [0.25, 0.3) is 0 Å². The third kappa shape index (κ3) is 3.71. The van der Waals surface area contributed by atoms with Crippen LogP contribution in [0.25, 0.3) is 0 Å². The van der Waals surface area contributed by atoms with E-state index in [1.54, 1.807) is 0 Å². The standard InChI is InChI=1S/C8H15IO3S/c1-8(2,3)12-7-5-13(10,11)4-6(7)9/h6-7H,4-5H2,1-3H3. The predicted octanol–water partition coefficient (Wildman–Crippen LogP) is 1.40. The summed E-state index contributed by atoms with van der Waals surface area (Å²) in [5, 5.41) is 0. The fraction of sp³-hybridized carbons (Fsp3) is 1.00. The van der Waals surface area contributed by atoms with E-state index in [-0.39, 0.29) is 27.1 Å². The Balaban J connectivity index is 2.64. The Labute approximate surface area is 93.3 Å². The van der Waals surface area contributed by atoms with E-state index in [9.17, 15) is 8.42 Å². The molecule has 1 heterocycles. The fourth-order valence-electron chi connectivity index (χ4n) is 1.33. The molecular formula is C8H15IO3S. The van der Waals surface area contributed by atoms with Crippen LogP contribution in [0.3, 0.4) is 0 Å². The van der Waals surface area contributed by atoms with Crippen molar-refractivity contribution in [2.45, 2.75) is 36.4 Å². The summed E-state index contributed by atoms with van der Waals surface area (Å²) < 4.78 is 28.3. The third-order valence-corrected chi connectivity index (χ3v) is 5.28. The summed E-state index contributed by atoms with van der Waals surface area (Å²) in [5.41, 5.74) is -0.256. The molecular weight excluding hydrogens is 303 g/mol. The minimum absolute atomic E-state index is 0.0989. The Bertz CT molecular complexity index is 278. The second-order valence-corrected chi connectivity index (χ2v) is 8.12. The van der Waals surface area contributed by atoms with Crippen molar-refractivity contribution in [3.8, 4) is 0 Å². The monoisotopic (exact) mass is 318 g/mol. The van der Waals surface area contributed by atoms with Crippen molar-refractivity contribution < 1.29 is 13.2 Å². The van der Waals surface area contributed by atoms with Crippen LogP contribution >= 0.6 is 22.6 Å². The smallest absolute Gasteiger partial charge is 0.154 e. The molecule has 1 fully saturated rings. The Hall–Kier alpha value is 0.640. The largest absolute Gasteiger partial charge is 0.370 e. The van der Waals surface area contributed by atoms with Gasteiger partial charge in [-0.1, -0.05) is 22.6 Å². The zero-order chi connectivity index (χ0) is 10.3. The van der Waals surface area contributed by atoms with E-state index in [2.05, 4.69) is 22.6 Å². The van der Waals surface area contributed by atoms with E-state index in [0.717, 1.165) is 0 Å². The average Bonchev–Trinajstić information content (AvgIpc) is 2.00. The van der Waals surface area contributed by atoms with E-state index in [1.165, 1.54) is 0 Å². The molecule has 2 unspecified atom stereocenters. The van der Waals surface area contributed by atoms with Gasteiger partial charge in [-0.15, -0.1) is 0 Å². The summed E-state index contributed by atoms with van der Waals surface area (Å²) in [4.78, 5) is 0. The average molecular weight is 318 g/mol. The lowest BCUT2D eigenvalue weighted by atomic mass is 10.2. The SMILES string of the molecule is CC(C)(C)OC1CS(=O)(=O)CC1I. The molecule has 0 aromatic rings. The third-order valence-electron chi connectivity index (χ3n) is 1.74. The molecule has 0 aromatic heterocycles. The maximum atomic E-state index is 11.3. The van der Waals surface area contributed by atoms with Crippen LogP contribution in [0.2, 0.25) is 0 Å². The Morgan fingerprint density at radius 1 is 1.31 bits per heavy atom. The van der Waals surface area contributed by atoms with Crippen LogP contribution in [0.4, 0.5) is 0 Å². The first-order chi connectivity index (χ1) is 5.70. The molecule has 0 saturated carbocycles. The number of alkyl halides is 1. The Morgan fingerprint density at radius 3 is 2.15 bits per heavy atom. The molecule has 1 saturated heterocycles. The van der Waals surface area contributed by atoms with Gasteiger partial charge in [-0.2, -0.15) is 0 Å². The van der Waals surface area contributed by atoms with Gasteiger partial charge < -0.3 is 4.74 Å². The van der Waals surface area contributed by atoms with Gasteiger partial charge in [0.05, 0.1) is 27.1 Å². The summed E-state index contributed by atoms with van der Waals surface area (Å²) in [6, 6.07) is 0. The number of sulfone groups is 1. The molecule has 2 atom stereocenters. The summed E-state index contributed by atoms with van der Waals surface area (Å²) in [5.74, 6) is 0.437. The van der Waals surface area contributed by atoms with Gasteiger partial charge >= 0.3 is 0 Å². The first kappa shape index (κ1) is 11.7. The number of halogens is 1. The highest BCUT2D eigenvalue weighted by molar-refractivity contribution is 14.1. The minimum atomic E-state index is -2.85. The topological polar surface area (TPSA) is 43.4 Å². The predicted molar refractivity (Wildman–Crippen MR) is 61.1 cm³/mol. The summed E-state index contributed by atoms with van der Waals surface area (Å²) in [7, 11) is -2.85. The van der Waals surface area contributed by atoms with Crippen LogP contribution in [-0.2, 0) is 14.6 Å². The van der Waals surface area contributed by atoms with E-state index in [0.29, 0.717) is 0 Å². The van der Waals surface area contributed by atoms with Gasteiger partial charge in [-0.25, -0.2) is 8.42 Å². The number of rotatable bonds is 1. The zero-order valence-corrected chi connectivity index (χ0v) is 11.1. The van der Waals surface area contributed by atoms with Crippen LogP contribution < -0.4 is 0 Å². The van der Waals surface area contributed by atoms with E-state index in [1.807, 2.05) is 20.8 Å². The zero-order valence-electron chi connectivity index (χ0n) is 8.08. The van der Waals surface area contributed by atoms with Crippen molar-refractivity contribution in [3.63, 3.8) is 0 Å². The first-order valence-electron chi connectivity index (χ1n) is 4.22. The lowest BCUT2D eigenvalue weighted by molar-refractivity contribution is -0.0433. The highest BCUT2D eigenvalue weighted by Crippen LogP contribution is 2.26. The second-order valence-electron chi connectivity index (χ2n) is 4.36. The molecule has 1 aliphatic rings. The second kappa shape index (κ2) is 3.66. The minimum Gasteiger partial charge on any atom is -0.370 e. The molecule has 5 heteroatoms. The highest BCUT2D eigenvalue weighted by Gasteiger charge is 2.38.